The fraction of sp³-hybridized carbons (Fsp3) is 0.385. The van der Waals surface area contributed by atoms with E-state index in [0.29, 0.717) is 18.6 Å². The maximum absolute atomic E-state index is 13.1. The molecule has 0 saturated heterocycles. The molecular formula is C26H31FN4O6. The highest BCUT2D eigenvalue weighted by molar-refractivity contribution is 5.99. The van der Waals surface area contributed by atoms with Crippen LogP contribution in [-0.4, -0.2) is 67.1 Å². The molecule has 198 valence electrons. The molecule has 0 radical (unpaired) electrons. The van der Waals surface area contributed by atoms with Crippen molar-refractivity contribution in [3.8, 4) is 5.75 Å². The number of rotatable bonds is 5. The lowest BCUT2D eigenvalue weighted by Gasteiger charge is -2.21. The predicted molar refractivity (Wildman–Crippen MR) is 132 cm³/mol. The minimum atomic E-state index is -1.14. The number of carbonyl (C=O) groups is 4. The molecule has 2 atom stereocenters. The summed E-state index contributed by atoms with van der Waals surface area (Å²) < 4.78 is 18.8. The van der Waals surface area contributed by atoms with E-state index < -0.39 is 42.3 Å². The highest BCUT2D eigenvalue weighted by Gasteiger charge is 2.25. The van der Waals surface area contributed by atoms with Crippen LogP contribution in [0.1, 0.15) is 35.2 Å². The molecule has 2 aromatic rings. The van der Waals surface area contributed by atoms with Gasteiger partial charge in [-0.05, 0) is 49.1 Å². The number of aliphatic hydroxyl groups is 1. The lowest BCUT2D eigenvalue weighted by atomic mass is 10.1. The summed E-state index contributed by atoms with van der Waals surface area (Å²) in [7, 11) is 0. The lowest BCUT2D eigenvalue weighted by Crippen LogP contribution is -2.50. The molecular weight excluding hydrogens is 483 g/mol. The first-order valence-electron chi connectivity index (χ1n) is 12.1. The Bertz CT molecular complexity index is 1090. The molecule has 1 aliphatic heterocycles. The molecule has 0 aromatic heterocycles. The van der Waals surface area contributed by atoms with Crippen LogP contribution >= 0.6 is 0 Å². The third-order valence-electron chi connectivity index (χ3n) is 5.75. The summed E-state index contributed by atoms with van der Waals surface area (Å²) in [6.45, 7) is 0.0920. The van der Waals surface area contributed by atoms with E-state index >= 15 is 0 Å². The van der Waals surface area contributed by atoms with E-state index in [1.807, 2.05) is 0 Å². The molecule has 37 heavy (non-hydrogen) atoms. The monoisotopic (exact) mass is 514 g/mol. The highest BCUT2D eigenvalue weighted by atomic mass is 19.1. The number of nitrogens with one attached hydrogen (secondary N) is 4. The maximum Gasteiger partial charge on any atom is 0.255 e. The minimum Gasteiger partial charge on any atom is -0.493 e. The Kier molecular flexibility index (Phi) is 10.4. The van der Waals surface area contributed by atoms with Crippen LogP contribution in [-0.2, 0) is 20.8 Å². The van der Waals surface area contributed by atoms with Crippen molar-refractivity contribution in [2.45, 2.75) is 37.8 Å². The molecule has 3 rings (SSSR count). The van der Waals surface area contributed by atoms with Gasteiger partial charge in [-0.3, -0.25) is 19.2 Å². The number of para-hydroxylation sites is 1. The molecule has 0 spiro atoms. The number of carbonyl (C=O) groups excluding carboxylic acids is 4. The number of aliphatic hydroxyl groups excluding tert-OH is 1. The molecule has 0 unspecified atom stereocenters. The van der Waals surface area contributed by atoms with Crippen molar-refractivity contribution in [3.05, 3.63) is 65.5 Å². The Morgan fingerprint density at radius 1 is 1.08 bits per heavy atom. The average molecular weight is 515 g/mol. The van der Waals surface area contributed by atoms with Gasteiger partial charge in [0.15, 0.2) is 0 Å². The zero-order valence-electron chi connectivity index (χ0n) is 20.3. The molecule has 10 nitrogen and oxygen atoms in total. The van der Waals surface area contributed by atoms with Crippen LogP contribution in [0, 0.1) is 5.82 Å². The fourth-order valence-corrected chi connectivity index (χ4v) is 3.71. The summed E-state index contributed by atoms with van der Waals surface area (Å²) in [5.41, 5.74) is 1.05. The number of fused-ring (bicyclic) bond motifs is 1. The maximum atomic E-state index is 13.1. The number of benzene rings is 2. The Balaban J connectivity index is 1.73. The summed E-state index contributed by atoms with van der Waals surface area (Å²) in [6.07, 6.45) is 0.630. The van der Waals surface area contributed by atoms with Crippen LogP contribution in [0.5, 0.6) is 5.75 Å². The SMILES string of the molecule is O=C1CC[C@@H](C(=O)NCCc2ccc(F)cc2)NC(=O)c2ccccc2OCCCNC(=O)[C@H](CO)N1. The smallest absolute Gasteiger partial charge is 0.255 e. The van der Waals surface area contributed by atoms with Crippen LogP contribution in [0.2, 0.25) is 0 Å². The molecule has 0 fully saturated rings. The second kappa shape index (κ2) is 13.9. The molecule has 2 aromatic carbocycles. The van der Waals surface area contributed by atoms with Gasteiger partial charge in [-0.2, -0.15) is 0 Å². The van der Waals surface area contributed by atoms with Gasteiger partial charge >= 0.3 is 0 Å². The first-order chi connectivity index (χ1) is 17.9. The number of amides is 4. The van der Waals surface area contributed by atoms with Crippen LogP contribution in [0.4, 0.5) is 4.39 Å². The second-order valence-electron chi connectivity index (χ2n) is 8.52. The van der Waals surface area contributed by atoms with E-state index in [1.165, 1.54) is 12.1 Å². The van der Waals surface area contributed by atoms with Crippen molar-refractivity contribution >= 4 is 23.6 Å². The van der Waals surface area contributed by atoms with E-state index in [2.05, 4.69) is 21.3 Å². The van der Waals surface area contributed by atoms with Crippen molar-refractivity contribution in [2.75, 3.05) is 26.3 Å². The van der Waals surface area contributed by atoms with Crippen molar-refractivity contribution in [1.29, 1.82) is 0 Å². The van der Waals surface area contributed by atoms with Crippen molar-refractivity contribution < 1.29 is 33.4 Å². The Labute approximate surface area is 214 Å². The predicted octanol–water partition coefficient (Wildman–Crippen LogP) is 0.439. The first kappa shape index (κ1) is 27.6. The summed E-state index contributed by atoms with van der Waals surface area (Å²) in [6, 6.07) is 10.3. The third-order valence-corrected chi connectivity index (χ3v) is 5.75. The molecule has 0 aliphatic carbocycles. The fourth-order valence-electron chi connectivity index (χ4n) is 3.71. The van der Waals surface area contributed by atoms with Crippen molar-refractivity contribution in [1.82, 2.24) is 21.3 Å². The zero-order valence-corrected chi connectivity index (χ0v) is 20.3. The van der Waals surface area contributed by atoms with Gasteiger partial charge in [-0.15, -0.1) is 0 Å². The van der Waals surface area contributed by atoms with Gasteiger partial charge in [0.1, 0.15) is 23.7 Å². The number of ether oxygens (including phenoxy) is 1. The summed E-state index contributed by atoms with van der Waals surface area (Å²) in [4.78, 5) is 50.8. The van der Waals surface area contributed by atoms with Gasteiger partial charge in [-0.1, -0.05) is 24.3 Å². The first-order valence-corrected chi connectivity index (χ1v) is 12.1. The van der Waals surface area contributed by atoms with Crippen LogP contribution in [0.25, 0.3) is 0 Å². The van der Waals surface area contributed by atoms with E-state index in [9.17, 15) is 28.7 Å². The standard InChI is InChI=1S/C26H31FN4O6/c27-18-8-6-17(7-9-18)12-14-29-25(35)20-10-11-23(33)30-21(16-32)26(36)28-13-3-15-37-22-5-2-1-4-19(22)24(34)31-20/h1-2,4-9,20-21,32H,3,10-16H2,(H,28,36)(H,29,35)(H,30,33)(H,31,34)/t20-,21-/m0/s1. The second-order valence-corrected chi connectivity index (χ2v) is 8.52. The molecule has 5 N–H and O–H groups in total. The molecule has 4 amide bonds. The Hall–Kier alpha value is -3.99. The number of hydrogen-bond donors (Lipinski definition) is 5. The van der Waals surface area contributed by atoms with Gasteiger partial charge in [0, 0.05) is 19.5 Å². The van der Waals surface area contributed by atoms with Gasteiger partial charge in [0.05, 0.1) is 18.8 Å². The van der Waals surface area contributed by atoms with E-state index in [1.54, 1.807) is 36.4 Å². The molecule has 11 heteroatoms. The topological polar surface area (TPSA) is 146 Å². The molecule has 1 heterocycles. The summed E-state index contributed by atoms with van der Waals surface area (Å²) in [5.74, 6) is -2.16. The average Bonchev–Trinajstić information content (AvgIpc) is 2.89. The van der Waals surface area contributed by atoms with E-state index in [0.717, 1.165) is 5.56 Å². The van der Waals surface area contributed by atoms with Gasteiger partial charge in [0.25, 0.3) is 5.91 Å². The Morgan fingerprint density at radius 2 is 1.84 bits per heavy atom. The lowest BCUT2D eigenvalue weighted by molar-refractivity contribution is -0.130. The molecule has 0 saturated carbocycles. The third kappa shape index (κ3) is 8.57. The minimum absolute atomic E-state index is 0.0528. The normalized spacial score (nSPS) is 19.5. The van der Waals surface area contributed by atoms with Crippen LogP contribution in [0.15, 0.2) is 48.5 Å². The number of hydrogen-bond acceptors (Lipinski definition) is 6. The van der Waals surface area contributed by atoms with E-state index in [-0.39, 0.29) is 43.9 Å². The largest absolute Gasteiger partial charge is 0.493 e. The molecule has 0 bridgehead atoms. The quantitative estimate of drug-likeness (QED) is 0.392. The zero-order chi connectivity index (χ0) is 26.6. The van der Waals surface area contributed by atoms with E-state index in [4.69, 9.17) is 4.74 Å². The Morgan fingerprint density at radius 3 is 2.59 bits per heavy atom. The number of halogens is 1. The van der Waals surface area contributed by atoms with Crippen LogP contribution < -0.4 is 26.0 Å². The highest BCUT2D eigenvalue weighted by Crippen LogP contribution is 2.18. The van der Waals surface area contributed by atoms with Gasteiger partial charge in [-0.25, -0.2) is 4.39 Å². The van der Waals surface area contributed by atoms with Crippen molar-refractivity contribution in [2.24, 2.45) is 0 Å². The van der Waals surface area contributed by atoms with Gasteiger partial charge in [0.2, 0.25) is 17.7 Å². The van der Waals surface area contributed by atoms with Crippen molar-refractivity contribution in [3.63, 3.8) is 0 Å². The van der Waals surface area contributed by atoms with Gasteiger partial charge < -0.3 is 31.1 Å². The molecule has 1 aliphatic rings. The van der Waals surface area contributed by atoms with Crippen LogP contribution in [0.3, 0.4) is 0 Å². The summed E-state index contributed by atoms with van der Waals surface area (Å²) >= 11 is 0. The summed E-state index contributed by atoms with van der Waals surface area (Å²) in [5, 5.41) is 20.0.